The van der Waals surface area contributed by atoms with Crippen LogP contribution in [0, 0.1) is 0 Å². The van der Waals surface area contributed by atoms with Crippen LogP contribution in [0.1, 0.15) is 31.7 Å². The van der Waals surface area contributed by atoms with E-state index in [0.717, 1.165) is 5.69 Å². The van der Waals surface area contributed by atoms with Crippen molar-refractivity contribution in [1.29, 1.82) is 0 Å². The van der Waals surface area contributed by atoms with Gasteiger partial charge in [-0.15, -0.1) is 0 Å². The van der Waals surface area contributed by atoms with Gasteiger partial charge in [-0.25, -0.2) is 5.90 Å². The molecule has 0 saturated carbocycles. The maximum absolute atomic E-state index is 6.50. The maximum Gasteiger partial charge on any atom is 0.0426 e. The average molecular weight is 194 g/mol. The van der Waals surface area contributed by atoms with Crippen molar-refractivity contribution in [3.8, 4) is 11.1 Å². The van der Waals surface area contributed by atoms with Gasteiger partial charge in [-0.3, -0.25) is 0 Å². The fourth-order valence-electron chi connectivity index (χ4n) is 1.68. The molecule has 3 nitrogen and oxygen atoms in total. The third-order valence-corrected chi connectivity index (χ3v) is 2.54. The van der Waals surface area contributed by atoms with Gasteiger partial charge in [0, 0.05) is 11.3 Å². The molecule has 0 spiro atoms. The predicted octanol–water partition coefficient (Wildman–Crippen LogP) is 2.32. The smallest absolute Gasteiger partial charge is 0.0426 e. The van der Waals surface area contributed by atoms with Gasteiger partial charge in [0.2, 0.25) is 0 Å². The highest BCUT2D eigenvalue weighted by atomic mass is 16.4. The zero-order valence-corrected chi connectivity index (χ0v) is 8.59. The molecule has 0 atom stereocenters. The molecule has 0 radical (unpaired) electrons. The number of rotatable bonds is 4. The third kappa shape index (κ3) is 2.25. The molecule has 0 aromatic rings. The minimum Gasteiger partial charge on any atom is -0.398 e. The standard InChI is InChI=1S/C11H15N.H3NO/c1-2-3-4-5-8-6-9-7-10(9)11(8)12;1-2/h6-7H,2-5,12H2,1H3;2H,1H2. The Kier molecular flexibility index (Phi) is 3.92. The summed E-state index contributed by atoms with van der Waals surface area (Å²) in [6, 6.07) is 4.39. The first-order chi connectivity index (χ1) is 6.83. The van der Waals surface area contributed by atoms with Crippen LogP contribution in [-0.2, 0) is 6.42 Å². The number of aryl methyl sites for hydroxylation is 1. The highest BCUT2D eigenvalue weighted by Gasteiger charge is 2.19. The largest absolute Gasteiger partial charge is 0.398 e. The van der Waals surface area contributed by atoms with Crippen LogP contribution in [0.4, 0.5) is 5.69 Å². The molecule has 0 aromatic carbocycles. The van der Waals surface area contributed by atoms with Gasteiger partial charge in [-0.2, -0.15) is 0 Å². The number of hydrogen-bond acceptors (Lipinski definition) is 3. The Balaban J connectivity index is 0.000000461. The number of hydrogen-bond donors (Lipinski definition) is 3. The van der Waals surface area contributed by atoms with Crippen LogP contribution in [0.2, 0.25) is 0 Å². The minimum absolute atomic E-state index is 1.04. The number of unbranched alkanes of at least 4 members (excludes halogenated alkanes) is 2. The van der Waals surface area contributed by atoms with E-state index in [9.17, 15) is 0 Å². The molecule has 14 heavy (non-hydrogen) atoms. The van der Waals surface area contributed by atoms with Crippen molar-refractivity contribution in [1.82, 2.24) is 0 Å². The first-order valence-electron chi connectivity index (χ1n) is 5.01. The fraction of sp³-hybridized carbons (Fsp3) is 0.455. The Morgan fingerprint density at radius 1 is 1.21 bits per heavy atom. The molecule has 0 fully saturated rings. The highest BCUT2D eigenvalue weighted by molar-refractivity contribution is 5.94. The molecular weight excluding hydrogens is 176 g/mol. The molecular formula is C11H18N2O. The van der Waals surface area contributed by atoms with Crippen molar-refractivity contribution in [2.75, 3.05) is 5.73 Å². The van der Waals surface area contributed by atoms with Crippen molar-refractivity contribution >= 4 is 5.69 Å². The number of fused-ring (bicyclic) bond motifs is 1. The van der Waals surface area contributed by atoms with E-state index in [2.05, 4.69) is 25.0 Å². The van der Waals surface area contributed by atoms with Crippen molar-refractivity contribution in [2.45, 2.75) is 32.6 Å². The van der Waals surface area contributed by atoms with E-state index in [1.54, 1.807) is 0 Å². The van der Waals surface area contributed by atoms with Crippen LogP contribution in [0.3, 0.4) is 0 Å². The van der Waals surface area contributed by atoms with E-state index in [0.29, 0.717) is 0 Å². The molecule has 0 aromatic heterocycles. The van der Waals surface area contributed by atoms with Crippen LogP contribution < -0.4 is 11.6 Å². The molecule has 0 bridgehead atoms. The van der Waals surface area contributed by atoms with Crippen LogP contribution in [0.15, 0.2) is 12.1 Å². The minimum atomic E-state index is 1.04. The first kappa shape index (κ1) is 11.0. The summed E-state index contributed by atoms with van der Waals surface area (Å²) in [5, 5.41) is 6.50. The maximum atomic E-state index is 6.50. The molecule has 0 aliphatic heterocycles. The summed E-state index contributed by atoms with van der Waals surface area (Å²) in [7, 11) is 0. The molecule has 0 heterocycles. The first-order valence-corrected chi connectivity index (χ1v) is 5.01. The molecule has 0 saturated heterocycles. The van der Waals surface area contributed by atoms with Gasteiger partial charge in [-0.05, 0) is 36.1 Å². The molecule has 3 heteroatoms. The number of nitrogens with two attached hydrogens (primary N) is 2. The Bertz CT molecular complexity index is 310. The number of benzene rings is 1. The normalized spacial score (nSPS) is 10.5. The lowest BCUT2D eigenvalue weighted by Gasteiger charge is -1.98. The van der Waals surface area contributed by atoms with E-state index in [4.69, 9.17) is 10.9 Å². The molecule has 2 aliphatic rings. The lowest BCUT2D eigenvalue weighted by atomic mass is 10.1. The summed E-state index contributed by atoms with van der Waals surface area (Å²) >= 11 is 0. The Hall–Kier alpha value is -1.06. The van der Waals surface area contributed by atoms with Gasteiger partial charge in [0.15, 0.2) is 0 Å². The molecule has 2 aliphatic carbocycles. The Morgan fingerprint density at radius 3 is 2.43 bits per heavy atom. The fourth-order valence-corrected chi connectivity index (χ4v) is 1.68. The molecule has 0 unspecified atom stereocenters. The van der Waals surface area contributed by atoms with Crippen LogP contribution in [0.25, 0.3) is 11.1 Å². The second-order valence-electron chi connectivity index (χ2n) is 3.55. The van der Waals surface area contributed by atoms with Crippen LogP contribution in [0.5, 0.6) is 0 Å². The van der Waals surface area contributed by atoms with Gasteiger partial charge >= 0.3 is 0 Å². The summed E-state index contributed by atoms with van der Waals surface area (Å²) in [6.45, 7) is 2.23. The topological polar surface area (TPSA) is 72.3 Å². The lowest BCUT2D eigenvalue weighted by molar-refractivity contribution is 0.311. The summed E-state index contributed by atoms with van der Waals surface area (Å²) in [5.74, 6) is 3.50. The van der Waals surface area contributed by atoms with Crippen LogP contribution >= 0.6 is 0 Å². The summed E-state index contributed by atoms with van der Waals surface area (Å²) in [4.78, 5) is 0. The van der Waals surface area contributed by atoms with Gasteiger partial charge in [-0.1, -0.05) is 19.8 Å². The lowest BCUT2D eigenvalue weighted by Crippen LogP contribution is -1.90. The van der Waals surface area contributed by atoms with Gasteiger partial charge in [0.1, 0.15) is 0 Å². The quantitative estimate of drug-likeness (QED) is 0.397. The third-order valence-electron chi connectivity index (χ3n) is 2.54. The zero-order chi connectivity index (χ0) is 10.6. The predicted molar refractivity (Wildman–Crippen MR) is 59.1 cm³/mol. The zero-order valence-electron chi connectivity index (χ0n) is 8.59. The Labute approximate surface area is 84.7 Å². The molecule has 78 valence electrons. The van der Waals surface area contributed by atoms with E-state index >= 15 is 0 Å². The summed E-state index contributed by atoms with van der Waals surface area (Å²) in [5.41, 5.74) is 11.0. The van der Waals surface area contributed by atoms with E-state index in [1.807, 2.05) is 0 Å². The van der Waals surface area contributed by atoms with Crippen molar-refractivity contribution < 1.29 is 5.21 Å². The van der Waals surface area contributed by atoms with Gasteiger partial charge < -0.3 is 10.9 Å². The van der Waals surface area contributed by atoms with E-state index in [1.165, 1.54) is 42.4 Å². The van der Waals surface area contributed by atoms with Gasteiger partial charge in [0.05, 0.1) is 0 Å². The number of anilines is 1. The van der Waals surface area contributed by atoms with E-state index in [-0.39, 0.29) is 0 Å². The monoisotopic (exact) mass is 194 g/mol. The van der Waals surface area contributed by atoms with E-state index < -0.39 is 0 Å². The Morgan fingerprint density at radius 2 is 1.93 bits per heavy atom. The average Bonchev–Trinajstić information content (AvgIpc) is 2.92. The molecule has 0 amide bonds. The second-order valence-corrected chi connectivity index (χ2v) is 3.55. The van der Waals surface area contributed by atoms with Crippen molar-refractivity contribution in [2.24, 2.45) is 5.90 Å². The second kappa shape index (κ2) is 4.98. The number of nitrogen functional groups attached to an aromatic ring is 1. The molecule has 2 rings (SSSR count). The summed E-state index contributed by atoms with van der Waals surface area (Å²) in [6.07, 6.45) is 5.05. The van der Waals surface area contributed by atoms with Crippen molar-refractivity contribution in [3.05, 3.63) is 17.7 Å². The van der Waals surface area contributed by atoms with Gasteiger partial charge in [0.25, 0.3) is 0 Å². The van der Waals surface area contributed by atoms with Crippen LogP contribution in [-0.4, -0.2) is 5.21 Å². The highest BCUT2D eigenvalue weighted by Crippen LogP contribution is 2.43. The summed E-state index contributed by atoms with van der Waals surface area (Å²) < 4.78 is 0. The SMILES string of the molecule is CCCCCc1cc2cc-2c1N.NO. The molecule has 5 N–H and O–H groups in total. The van der Waals surface area contributed by atoms with Crippen molar-refractivity contribution in [3.63, 3.8) is 0 Å².